The average molecular weight is 524 g/mol. The Hall–Kier alpha value is -4.06. The van der Waals surface area contributed by atoms with Crippen molar-refractivity contribution in [3.63, 3.8) is 0 Å². The molecule has 0 spiro atoms. The number of amides is 4. The maximum Gasteiger partial charge on any atom is 0.416 e. The summed E-state index contributed by atoms with van der Waals surface area (Å²) in [6.07, 6.45) is -3.16. The first-order valence-electron chi connectivity index (χ1n) is 10.5. The Kier molecular flexibility index (Phi) is 6.88. The van der Waals surface area contributed by atoms with Gasteiger partial charge >= 0.3 is 18.2 Å². The van der Waals surface area contributed by atoms with Crippen molar-refractivity contribution >= 4 is 40.9 Å². The number of halogens is 5. The molecule has 1 aromatic heterocycles. The monoisotopic (exact) mass is 523 g/mol. The Morgan fingerprint density at radius 1 is 1.17 bits per heavy atom. The molecule has 0 radical (unpaired) electrons. The van der Waals surface area contributed by atoms with Crippen LogP contribution in [0.1, 0.15) is 18.1 Å². The Balaban J connectivity index is 1.45. The lowest BCUT2D eigenvalue weighted by atomic mass is 10.2. The predicted octanol–water partition coefficient (Wildman–Crippen LogP) is 6.70. The van der Waals surface area contributed by atoms with Crippen molar-refractivity contribution in [2.75, 3.05) is 22.5 Å². The predicted molar refractivity (Wildman–Crippen MR) is 125 cm³/mol. The average Bonchev–Trinajstić information content (AvgIpc) is 2.81. The zero-order chi connectivity index (χ0) is 26.0. The number of urea groups is 2. The zero-order valence-corrected chi connectivity index (χ0v) is 19.3. The van der Waals surface area contributed by atoms with E-state index >= 15 is 0 Å². The van der Waals surface area contributed by atoms with Gasteiger partial charge < -0.3 is 20.3 Å². The van der Waals surface area contributed by atoms with Crippen molar-refractivity contribution in [3.8, 4) is 11.5 Å². The minimum atomic E-state index is -4.58. The summed E-state index contributed by atoms with van der Waals surface area (Å²) in [5, 5.41) is 7.02. The number of rotatable bonds is 5. The number of hydrogen-bond donors (Lipinski definition) is 3. The molecule has 0 saturated heterocycles. The number of ether oxygens (including phenoxy) is 1. The van der Waals surface area contributed by atoms with Crippen molar-refractivity contribution in [1.82, 2.24) is 9.88 Å². The van der Waals surface area contributed by atoms with E-state index in [9.17, 15) is 27.2 Å². The van der Waals surface area contributed by atoms with E-state index in [2.05, 4.69) is 20.9 Å². The zero-order valence-electron chi connectivity index (χ0n) is 18.5. The molecule has 0 saturated carbocycles. The summed E-state index contributed by atoms with van der Waals surface area (Å²) in [4.78, 5) is 29.9. The second kappa shape index (κ2) is 9.90. The van der Waals surface area contributed by atoms with Crippen LogP contribution >= 0.6 is 11.6 Å². The number of benzene rings is 2. The molecule has 3 N–H and O–H groups in total. The van der Waals surface area contributed by atoms with E-state index in [0.29, 0.717) is 29.7 Å². The summed E-state index contributed by atoms with van der Waals surface area (Å²) < 4.78 is 58.8. The van der Waals surface area contributed by atoms with Crippen LogP contribution in [-0.2, 0) is 12.7 Å². The van der Waals surface area contributed by atoms with Crippen molar-refractivity contribution < 1.29 is 31.9 Å². The lowest BCUT2D eigenvalue weighted by Gasteiger charge is -2.28. The highest BCUT2D eigenvalue weighted by Gasteiger charge is 2.31. The molecule has 0 aliphatic carbocycles. The molecule has 188 valence electrons. The van der Waals surface area contributed by atoms with Gasteiger partial charge in [-0.2, -0.15) is 13.2 Å². The van der Waals surface area contributed by atoms with Gasteiger partial charge in [-0.25, -0.2) is 19.0 Å². The fourth-order valence-electron chi connectivity index (χ4n) is 3.39. The number of anilines is 3. The van der Waals surface area contributed by atoms with Gasteiger partial charge in [0.1, 0.15) is 11.6 Å². The van der Waals surface area contributed by atoms with Crippen LogP contribution in [0.25, 0.3) is 0 Å². The summed E-state index contributed by atoms with van der Waals surface area (Å²) >= 11 is 5.83. The van der Waals surface area contributed by atoms with Gasteiger partial charge in [0, 0.05) is 24.5 Å². The maximum absolute atomic E-state index is 14.8. The van der Waals surface area contributed by atoms with Crippen LogP contribution in [0.2, 0.25) is 5.02 Å². The van der Waals surface area contributed by atoms with E-state index in [1.807, 2.05) is 6.92 Å². The number of nitrogens with one attached hydrogen (secondary N) is 3. The standard InChI is InChI=1S/C23H18ClF4N5O3/c1-2-33-11-14-18(7-8-29-20(14)32-22(33)35)36-19-6-4-13(10-16(19)25)30-21(34)31-17-5-3-12(9-15(17)24)23(26,27)28/h3-10H,2,11H2,1H3,(H,29,32,35)(H2,30,31,34). The molecule has 2 aromatic carbocycles. The molecule has 13 heteroatoms. The first-order valence-corrected chi connectivity index (χ1v) is 10.9. The highest BCUT2D eigenvalue weighted by Crippen LogP contribution is 2.35. The molecule has 0 atom stereocenters. The second-order valence-corrected chi connectivity index (χ2v) is 8.01. The minimum absolute atomic E-state index is 0.0570. The van der Waals surface area contributed by atoms with E-state index in [1.54, 1.807) is 0 Å². The second-order valence-electron chi connectivity index (χ2n) is 7.60. The van der Waals surface area contributed by atoms with E-state index in [-0.39, 0.29) is 34.7 Å². The van der Waals surface area contributed by atoms with Crippen molar-refractivity contribution in [2.45, 2.75) is 19.6 Å². The van der Waals surface area contributed by atoms with Gasteiger partial charge in [0.15, 0.2) is 11.6 Å². The van der Waals surface area contributed by atoms with Crippen LogP contribution in [-0.4, -0.2) is 28.5 Å². The third-order valence-corrected chi connectivity index (χ3v) is 5.52. The molecule has 1 aliphatic heterocycles. The molecular formula is C23H18ClF4N5O3. The molecule has 2 heterocycles. The van der Waals surface area contributed by atoms with Crippen LogP contribution in [0.5, 0.6) is 11.5 Å². The Bertz CT molecular complexity index is 1340. The first-order chi connectivity index (χ1) is 17.0. The number of carbonyl (C=O) groups is 2. The third-order valence-electron chi connectivity index (χ3n) is 5.21. The molecule has 0 unspecified atom stereocenters. The number of aromatic nitrogens is 1. The molecule has 8 nitrogen and oxygen atoms in total. The normalized spacial score (nSPS) is 13.1. The third kappa shape index (κ3) is 5.43. The first kappa shape index (κ1) is 25.0. The van der Waals surface area contributed by atoms with Crippen molar-refractivity contribution in [3.05, 3.63) is 70.6 Å². The largest absolute Gasteiger partial charge is 0.454 e. The van der Waals surface area contributed by atoms with Crippen molar-refractivity contribution in [1.29, 1.82) is 0 Å². The Morgan fingerprint density at radius 2 is 1.94 bits per heavy atom. The molecule has 0 bridgehead atoms. The van der Waals surface area contributed by atoms with Crippen molar-refractivity contribution in [2.24, 2.45) is 0 Å². The van der Waals surface area contributed by atoms with Gasteiger partial charge in [0.2, 0.25) is 0 Å². The number of fused-ring (bicyclic) bond motifs is 1. The Labute approximate surface area is 207 Å². The maximum atomic E-state index is 14.8. The van der Waals surface area contributed by atoms with Gasteiger partial charge in [-0.1, -0.05) is 11.6 Å². The van der Waals surface area contributed by atoms with Gasteiger partial charge in [-0.15, -0.1) is 0 Å². The molecule has 36 heavy (non-hydrogen) atoms. The summed E-state index contributed by atoms with van der Waals surface area (Å²) in [5.74, 6) is -0.314. The molecular weight excluding hydrogens is 506 g/mol. The minimum Gasteiger partial charge on any atom is -0.454 e. The van der Waals surface area contributed by atoms with Gasteiger partial charge in [0.05, 0.1) is 28.4 Å². The smallest absolute Gasteiger partial charge is 0.416 e. The van der Waals surface area contributed by atoms with Gasteiger partial charge in [-0.3, -0.25) is 5.32 Å². The van der Waals surface area contributed by atoms with E-state index in [4.69, 9.17) is 16.3 Å². The number of carbonyl (C=O) groups excluding carboxylic acids is 2. The Morgan fingerprint density at radius 3 is 2.61 bits per heavy atom. The summed E-state index contributed by atoms with van der Waals surface area (Å²) in [6.45, 7) is 2.50. The number of nitrogens with zero attached hydrogens (tertiary/aromatic N) is 2. The molecule has 1 aliphatic rings. The quantitative estimate of drug-likeness (QED) is 0.324. The van der Waals surface area contributed by atoms with Crippen LogP contribution in [0.4, 0.5) is 44.3 Å². The number of pyridine rings is 1. The summed E-state index contributed by atoms with van der Waals surface area (Å²) in [5.41, 5.74) is -0.385. The van der Waals surface area contributed by atoms with Gasteiger partial charge in [-0.05, 0) is 43.3 Å². The van der Waals surface area contributed by atoms with E-state index < -0.39 is 23.6 Å². The topological polar surface area (TPSA) is 95.6 Å². The summed E-state index contributed by atoms with van der Waals surface area (Å²) in [7, 11) is 0. The lowest BCUT2D eigenvalue weighted by molar-refractivity contribution is -0.137. The van der Waals surface area contributed by atoms with Gasteiger partial charge in [0.25, 0.3) is 0 Å². The molecule has 0 fully saturated rings. The number of alkyl halides is 3. The lowest BCUT2D eigenvalue weighted by Crippen LogP contribution is -2.38. The molecule has 3 aromatic rings. The molecule has 4 amide bonds. The highest BCUT2D eigenvalue weighted by molar-refractivity contribution is 6.33. The highest BCUT2D eigenvalue weighted by atomic mass is 35.5. The van der Waals surface area contributed by atoms with Crippen LogP contribution in [0, 0.1) is 5.82 Å². The fraction of sp³-hybridized carbons (Fsp3) is 0.174. The number of hydrogen-bond acceptors (Lipinski definition) is 4. The molecule has 4 rings (SSSR count). The van der Waals surface area contributed by atoms with E-state index in [0.717, 1.165) is 18.2 Å². The van der Waals surface area contributed by atoms with E-state index in [1.165, 1.54) is 29.3 Å². The SMILES string of the molecule is CCN1Cc2c(Oc3ccc(NC(=O)Nc4ccc(C(F)(F)F)cc4Cl)cc3F)ccnc2NC1=O. The van der Waals surface area contributed by atoms with Crippen LogP contribution < -0.4 is 20.7 Å². The fourth-order valence-corrected chi connectivity index (χ4v) is 3.61. The summed E-state index contributed by atoms with van der Waals surface area (Å²) in [6, 6.07) is 6.55. The van der Waals surface area contributed by atoms with Crippen LogP contribution in [0.3, 0.4) is 0 Å². The van der Waals surface area contributed by atoms with Crippen LogP contribution in [0.15, 0.2) is 48.7 Å².